The van der Waals surface area contributed by atoms with E-state index in [1.165, 1.54) is 6.07 Å². The minimum Gasteiger partial charge on any atom is -0.495 e. The summed E-state index contributed by atoms with van der Waals surface area (Å²) >= 11 is 6.04. The van der Waals surface area contributed by atoms with E-state index >= 15 is 0 Å². The van der Waals surface area contributed by atoms with Crippen molar-refractivity contribution in [3.05, 3.63) is 58.4 Å². The van der Waals surface area contributed by atoms with Crippen molar-refractivity contribution in [2.24, 2.45) is 0 Å². The molecule has 0 aliphatic rings. The lowest BCUT2D eigenvalue weighted by Crippen LogP contribution is -2.01. The summed E-state index contributed by atoms with van der Waals surface area (Å²) in [5.74, 6) is 0.381. The Labute approximate surface area is 117 Å². The first-order valence-electron chi connectivity index (χ1n) is 5.92. The Kier molecular flexibility index (Phi) is 4.27. The van der Waals surface area contributed by atoms with Gasteiger partial charge in [0.15, 0.2) is 0 Å². The molecular weight excluding hydrogens is 265 g/mol. The quantitative estimate of drug-likeness (QED) is 0.895. The van der Waals surface area contributed by atoms with Gasteiger partial charge in [-0.1, -0.05) is 23.7 Å². The van der Waals surface area contributed by atoms with Crippen molar-refractivity contribution in [3.63, 3.8) is 0 Å². The van der Waals surface area contributed by atoms with Gasteiger partial charge in [0.1, 0.15) is 11.6 Å². The van der Waals surface area contributed by atoms with E-state index in [2.05, 4.69) is 5.32 Å². The summed E-state index contributed by atoms with van der Waals surface area (Å²) in [7, 11) is 1.57. The third-order valence-corrected chi connectivity index (χ3v) is 3.12. The SMILES string of the molecule is COc1ccc(CNc2ccc(C)cc2F)cc1Cl. The summed E-state index contributed by atoms with van der Waals surface area (Å²) in [6, 6.07) is 10.6. The van der Waals surface area contributed by atoms with Crippen LogP contribution in [0, 0.1) is 12.7 Å². The number of rotatable bonds is 4. The Morgan fingerprint density at radius 3 is 2.63 bits per heavy atom. The number of halogens is 2. The minimum atomic E-state index is -0.250. The Morgan fingerprint density at radius 1 is 1.21 bits per heavy atom. The molecule has 0 heterocycles. The van der Waals surface area contributed by atoms with Crippen molar-refractivity contribution in [1.82, 2.24) is 0 Å². The molecule has 0 amide bonds. The summed E-state index contributed by atoms with van der Waals surface area (Å²) in [6.45, 7) is 2.36. The van der Waals surface area contributed by atoms with Crippen LogP contribution in [0.1, 0.15) is 11.1 Å². The predicted molar refractivity (Wildman–Crippen MR) is 76.5 cm³/mol. The van der Waals surface area contributed by atoms with Gasteiger partial charge < -0.3 is 10.1 Å². The molecule has 2 aromatic rings. The summed E-state index contributed by atoms with van der Waals surface area (Å²) in [5, 5.41) is 3.59. The molecule has 4 heteroatoms. The van der Waals surface area contributed by atoms with E-state index in [-0.39, 0.29) is 5.82 Å². The summed E-state index contributed by atoms with van der Waals surface area (Å²) in [6.07, 6.45) is 0. The monoisotopic (exact) mass is 279 g/mol. The molecule has 0 radical (unpaired) electrons. The summed E-state index contributed by atoms with van der Waals surface area (Å²) in [4.78, 5) is 0. The van der Waals surface area contributed by atoms with Crippen molar-refractivity contribution >= 4 is 17.3 Å². The molecule has 2 nitrogen and oxygen atoms in total. The van der Waals surface area contributed by atoms with Gasteiger partial charge in [0.05, 0.1) is 17.8 Å². The molecule has 0 aromatic heterocycles. The normalized spacial score (nSPS) is 10.3. The van der Waals surface area contributed by atoms with Crippen molar-refractivity contribution in [2.75, 3.05) is 12.4 Å². The molecule has 100 valence electrons. The van der Waals surface area contributed by atoms with Gasteiger partial charge in [-0.2, -0.15) is 0 Å². The van der Waals surface area contributed by atoms with Crippen molar-refractivity contribution in [3.8, 4) is 5.75 Å². The lowest BCUT2D eigenvalue weighted by atomic mass is 10.2. The third-order valence-electron chi connectivity index (χ3n) is 2.82. The van der Waals surface area contributed by atoms with Crippen molar-refractivity contribution in [1.29, 1.82) is 0 Å². The van der Waals surface area contributed by atoms with Gasteiger partial charge in [-0.05, 0) is 42.3 Å². The van der Waals surface area contributed by atoms with Gasteiger partial charge in [-0.3, -0.25) is 0 Å². The maximum Gasteiger partial charge on any atom is 0.146 e. The van der Waals surface area contributed by atoms with Gasteiger partial charge in [0.2, 0.25) is 0 Å². The van der Waals surface area contributed by atoms with Gasteiger partial charge in [-0.15, -0.1) is 0 Å². The second-order valence-electron chi connectivity index (χ2n) is 4.31. The number of aryl methyl sites for hydroxylation is 1. The number of hydrogen-bond donors (Lipinski definition) is 1. The highest BCUT2D eigenvalue weighted by Crippen LogP contribution is 2.25. The van der Waals surface area contributed by atoms with Gasteiger partial charge in [0, 0.05) is 6.54 Å². The second-order valence-corrected chi connectivity index (χ2v) is 4.71. The number of anilines is 1. The summed E-state index contributed by atoms with van der Waals surface area (Å²) in [5.41, 5.74) is 2.35. The Bertz CT molecular complexity index is 586. The van der Waals surface area contributed by atoms with Crippen LogP contribution >= 0.6 is 11.6 Å². The van der Waals surface area contributed by atoms with E-state index in [1.807, 2.05) is 19.1 Å². The zero-order valence-electron chi connectivity index (χ0n) is 10.8. The average molecular weight is 280 g/mol. The highest BCUT2D eigenvalue weighted by atomic mass is 35.5. The van der Waals surface area contributed by atoms with Gasteiger partial charge >= 0.3 is 0 Å². The van der Waals surface area contributed by atoms with Gasteiger partial charge in [-0.25, -0.2) is 4.39 Å². The van der Waals surface area contributed by atoms with E-state index in [0.29, 0.717) is 23.0 Å². The lowest BCUT2D eigenvalue weighted by Gasteiger charge is -2.10. The van der Waals surface area contributed by atoms with Gasteiger partial charge in [0.25, 0.3) is 0 Å². The standard InChI is InChI=1S/C15H15ClFNO/c1-10-3-5-14(13(17)7-10)18-9-11-4-6-15(19-2)12(16)8-11/h3-8,18H,9H2,1-2H3. The number of hydrogen-bond acceptors (Lipinski definition) is 2. The van der Waals surface area contributed by atoms with Crippen LogP contribution in [0.2, 0.25) is 5.02 Å². The Morgan fingerprint density at radius 2 is 2.00 bits per heavy atom. The molecule has 0 saturated heterocycles. The van der Waals surface area contributed by atoms with Crippen LogP contribution in [0.15, 0.2) is 36.4 Å². The first-order chi connectivity index (χ1) is 9.10. The van der Waals surface area contributed by atoms with E-state index in [4.69, 9.17) is 16.3 Å². The van der Waals surface area contributed by atoms with Crippen LogP contribution in [0.3, 0.4) is 0 Å². The third kappa shape index (κ3) is 3.38. The first-order valence-corrected chi connectivity index (χ1v) is 6.30. The number of ether oxygens (including phenoxy) is 1. The Balaban J connectivity index is 2.08. The van der Waals surface area contributed by atoms with Crippen molar-refractivity contribution < 1.29 is 9.13 Å². The van der Waals surface area contributed by atoms with Crippen LogP contribution in [-0.4, -0.2) is 7.11 Å². The molecule has 0 bridgehead atoms. The summed E-state index contributed by atoms with van der Waals surface area (Å²) < 4.78 is 18.7. The maximum absolute atomic E-state index is 13.6. The molecule has 0 atom stereocenters. The number of methoxy groups -OCH3 is 1. The fourth-order valence-electron chi connectivity index (χ4n) is 1.78. The average Bonchev–Trinajstić information content (AvgIpc) is 2.38. The minimum absolute atomic E-state index is 0.250. The smallest absolute Gasteiger partial charge is 0.146 e. The van der Waals surface area contributed by atoms with Crippen molar-refractivity contribution in [2.45, 2.75) is 13.5 Å². The highest BCUT2D eigenvalue weighted by Gasteiger charge is 2.04. The molecule has 0 aliphatic heterocycles. The first kappa shape index (κ1) is 13.7. The zero-order chi connectivity index (χ0) is 13.8. The molecule has 2 rings (SSSR count). The van der Waals surface area contributed by atoms with E-state index in [0.717, 1.165) is 11.1 Å². The molecule has 2 aromatic carbocycles. The predicted octanol–water partition coefficient (Wildman–Crippen LogP) is 4.41. The lowest BCUT2D eigenvalue weighted by molar-refractivity contribution is 0.415. The fourth-order valence-corrected chi connectivity index (χ4v) is 2.06. The van der Waals surface area contributed by atoms with Crippen LogP contribution < -0.4 is 10.1 Å². The molecule has 19 heavy (non-hydrogen) atoms. The topological polar surface area (TPSA) is 21.3 Å². The van der Waals surface area contributed by atoms with E-state index in [1.54, 1.807) is 25.3 Å². The molecule has 0 aliphatic carbocycles. The number of benzene rings is 2. The van der Waals surface area contributed by atoms with E-state index in [9.17, 15) is 4.39 Å². The molecule has 0 spiro atoms. The molecular formula is C15H15ClFNO. The molecule has 0 unspecified atom stereocenters. The van der Waals surface area contributed by atoms with Crippen LogP contribution in [0.5, 0.6) is 5.75 Å². The fraction of sp³-hybridized carbons (Fsp3) is 0.200. The van der Waals surface area contributed by atoms with Crippen LogP contribution in [-0.2, 0) is 6.54 Å². The zero-order valence-corrected chi connectivity index (χ0v) is 11.6. The molecule has 1 N–H and O–H groups in total. The van der Waals surface area contributed by atoms with Crippen LogP contribution in [0.4, 0.5) is 10.1 Å². The second kappa shape index (κ2) is 5.93. The maximum atomic E-state index is 13.6. The molecule has 0 fully saturated rings. The largest absolute Gasteiger partial charge is 0.495 e. The number of nitrogens with one attached hydrogen (secondary N) is 1. The molecule has 0 saturated carbocycles. The van der Waals surface area contributed by atoms with E-state index < -0.39 is 0 Å². The highest BCUT2D eigenvalue weighted by molar-refractivity contribution is 6.32. The van der Waals surface area contributed by atoms with Crippen LogP contribution in [0.25, 0.3) is 0 Å². The Hall–Kier alpha value is -1.74.